The number of rotatable bonds is 3. The van der Waals surface area contributed by atoms with Gasteiger partial charge in [-0.2, -0.15) is 5.10 Å². The first-order valence-electron chi connectivity index (χ1n) is 8.15. The van der Waals surface area contributed by atoms with Crippen LogP contribution < -0.4 is 10.6 Å². The maximum atomic E-state index is 12.3. The van der Waals surface area contributed by atoms with Gasteiger partial charge in [0.1, 0.15) is 5.71 Å². The number of amides is 3. The third-order valence-electron chi connectivity index (χ3n) is 3.88. The van der Waals surface area contributed by atoms with E-state index in [9.17, 15) is 14.4 Å². The molecule has 0 saturated heterocycles. The fourth-order valence-corrected chi connectivity index (χ4v) is 2.23. The number of benzene rings is 1. The summed E-state index contributed by atoms with van der Waals surface area (Å²) in [6.45, 7) is 7.40. The number of nitrogens with zero attached hydrogens (tertiary/aromatic N) is 2. The Kier molecular flexibility index (Phi) is 5.25. The van der Waals surface area contributed by atoms with Crippen molar-refractivity contribution < 1.29 is 14.4 Å². The van der Waals surface area contributed by atoms with Crippen LogP contribution in [0, 0.1) is 12.3 Å². The van der Waals surface area contributed by atoms with Gasteiger partial charge in [0.15, 0.2) is 0 Å². The molecule has 0 aromatic heterocycles. The lowest BCUT2D eigenvalue weighted by molar-refractivity contribution is -0.130. The van der Waals surface area contributed by atoms with Gasteiger partial charge in [-0.1, -0.05) is 20.8 Å². The van der Waals surface area contributed by atoms with E-state index in [1.165, 1.54) is 12.1 Å². The van der Waals surface area contributed by atoms with Gasteiger partial charge in [-0.25, -0.2) is 5.01 Å². The smallest absolute Gasteiger partial charge is 0.271 e. The first-order valence-corrected chi connectivity index (χ1v) is 8.15. The van der Waals surface area contributed by atoms with Crippen LogP contribution in [-0.4, -0.2) is 35.5 Å². The Hall–Kier alpha value is -2.70. The van der Waals surface area contributed by atoms with Crippen LogP contribution in [0.1, 0.15) is 39.2 Å². The van der Waals surface area contributed by atoms with E-state index in [4.69, 9.17) is 0 Å². The maximum Gasteiger partial charge on any atom is 0.271 e. The first kappa shape index (κ1) is 18.6. The summed E-state index contributed by atoms with van der Waals surface area (Å²) >= 11 is 0. The van der Waals surface area contributed by atoms with Crippen molar-refractivity contribution in [2.24, 2.45) is 10.5 Å². The van der Waals surface area contributed by atoms with E-state index in [2.05, 4.69) is 15.7 Å². The quantitative estimate of drug-likeness (QED) is 0.883. The van der Waals surface area contributed by atoms with Crippen LogP contribution in [0.2, 0.25) is 0 Å². The minimum Gasteiger partial charge on any atom is -0.325 e. The molecule has 0 aliphatic carbocycles. The van der Waals surface area contributed by atoms with Gasteiger partial charge in [0.25, 0.3) is 5.91 Å². The third kappa shape index (κ3) is 4.65. The summed E-state index contributed by atoms with van der Waals surface area (Å²) in [5.74, 6) is -0.506. The van der Waals surface area contributed by atoms with Gasteiger partial charge in [-0.15, -0.1) is 0 Å². The molecule has 1 aliphatic heterocycles. The molecule has 0 bridgehead atoms. The van der Waals surface area contributed by atoms with Crippen LogP contribution in [0.5, 0.6) is 0 Å². The van der Waals surface area contributed by atoms with Crippen LogP contribution >= 0.6 is 0 Å². The predicted octanol–water partition coefficient (Wildman–Crippen LogP) is 2.53. The predicted molar refractivity (Wildman–Crippen MR) is 97.3 cm³/mol. The summed E-state index contributed by atoms with van der Waals surface area (Å²) in [5, 5.41) is 10.8. The molecule has 7 nitrogen and oxygen atoms in total. The van der Waals surface area contributed by atoms with Crippen molar-refractivity contribution in [2.75, 3.05) is 17.7 Å². The van der Waals surface area contributed by atoms with Crippen LogP contribution in [0.3, 0.4) is 0 Å². The highest BCUT2D eigenvalue weighted by Crippen LogP contribution is 2.23. The zero-order valence-electron chi connectivity index (χ0n) is 15.3. The fraction of sp³-hybridized carbons (Fsp3) is 0.444. The van der Waals surface area contributed by atoms with Gasteiger partial charge < -0.3 is 10.6 Å². The van der Waals surface area contributed by atoms with Gasteiger partial charge in [-0.05, 0) is 30.7 Å². The highest BCUT2D eigenvalue weighted by molar-refractivity contribution is 6.43. The lowest BCUT2D eigenvalue weighted by Crippen LogP contribution is -2.34. The lowest BCUT2D eigenvalue weighted by Gasteiger charge is -2.20. The van der Waals surface area contributed by atoms with Gasteiger partial charge in [0, 0.05) is 36.7 Å². The minimum atomic E-state index is -0.484. The zero-order valence-corrected chi connectivity index (χ0v) is 15.3. The summed E-state index contributed by atoms with van der Waals surface area (Å²) in [4.78, 5) is 35.8. The first-order chi connectivity index (χ1) is 11.6. The van der Waals surface area contributed by atoms with Crippen molar-refractivity contribution in [3.63, 3.8) is 0 Å². The van der Waals surface area contributed by atoms with Crippen molar-refractivity contribution >= 4 is 34.8 Å². The molecular formula is C18H24N4O3. The van der Waals surface area contributed by atoms with E-state index in [1.54, 1.807) is 18.2 Å². The molecule has 0 saturated carbocycles. The van der Waals surface area contributed by atoms with Crippen LogP contribution in [0.15, 0.2) is 23.3 Å². The van der Waals surface area contributed by atoms with E-state index in [-0.39, 0.29) is 24.1 Å². The number of aryl methyl sites for hydroxylation is 1. The highest BCUT2D eigenvalue weighted by Gasteiger charge is 2.23. The molecule has 134 valence electrons. The topological polar surface area (TPSA) is 90.9 Å². The number of nitrogens with one attached hydrogen (secondary N) is 2. The Balaban J connectivity index is 2.08. The maximum absolute atomic E-state index is 12.3. The van der Waals surface area contributed by atoms with Gasteiger partial charge in [0.2, 0.25) is 11.8 Å². The largest absolute Gasteiger partial charge is 0.325 e. The third-order valence-corrected chi connectivity index (χ3v) is 3.88. The Morgan fingerprint density at radius 1 is 1.16 bits per heavy atom. The number of hydrogen-bond acceptors (Lipinski definition) is 4. The van der Waals surface area contributed by atoms with E-state index < -0.39 is 5.41 Å². The molecule has 2 N–H and O–H groups in total. The highest BCUT2D eigenvalue weighted by atomic mass is 16.2. The summed E-state index contributed by atoms with van der Waals surface area (Å²) in [5.41, 5.74) is 2.00. The SMILES string of the molecule is Cc1cc(NC(=O)C2=NN(C)C(=O)CC2)ccc1NC(=O)C(C)(C)C. The molecule has 7 heteroatoms. The number of anilines is 2. The molecule has 1 heterocycles. The van der Waals surface area contributed by atoms with Crippen molar-refractivity contribution in [2.45, 2.75) is 40.5 Å². The Bertz CT molecular complexity index is 747. The van der Waals surface area contributed by atoms with Gasteiger partial charge in [-0.3, -0.25) is 14.4 Å². The zero-order chi connectivity index (χ0) is 18.8. The standard InChI is InChI=1S/C18H24N4O3/c1-11-10-12(6-7-13(11)20-17(25)18(2,3)4)19-16(24)14-8-9-15(23)22(5)21-14/h6-7,10H,8-9H2,1-5H3,(H,19,24)(H,20,25). The monoisotopic (exact) mass is 344 g/mol. The number of carbonyl (C=O) groups is 3. The van der Waals surface area contributed by atoms with E-state index in [1.807, 2.05) is 27.7 Å². The molecule has 0 spiro atoms. The average Bonchev–Trinajstić information content (AvgIpc) is 2.51. The van der Waals surface area contributed by atoms with E-state index >= 15 is 0 Å². The number of carbonyl (C=O) groups excluding carboxylic acids is 3. The summed E-state index contributed by atoms with van der Waals surface area (Å²) < 4.78 is 0. The molecule has 0 atom stereocenters. The Labute approximate surface area is 147 Å². The lowest BCUT2D eigenvalue weighted by atomic mass is 9.95. The summed E-state index contributed by atoms with van der Waals surface area (Å²) in [6, 6.07) is 5.27. The normalized spacial score (nSPS) is 14.8. The van der Waals surface area contributed by atoms with Gasteiger partial charge >= 0.3 is 0 Å². The minimum absolute atomic E-state index is 0.0725. The molecule has 1 aromatic carbocycles. The van der Waals surface area contributed by atoms with Crippen LogP contribution in [0.25, 0.3) is 0 Å². The van der Waals surface area contributed by atoms with Crippen molar-refractivity contribution in [1.82, 2.24) is 5.01 Å². The molecule has 3 amide bonds. The van der Waals surface area contributed by atoms with E-state index in [0.717, 1.165) is 5.56 Å². The second-order valence-corrected chi connectivity index (χ2v) is 7.15. The molecule has 1 aromatic rings. The molecule has 0 radical (unpaired) electrons. The Morgan fingerprint density at radius 3 is 2.40 bits per heavy atom. The second kappa shape index (κ2) is 7.04. The molecular weight excluding hydrogens is 320 g/mol. The summed E-state index contributed by atoms with van der Waals surface area (Å²) in [7, 11) is 1.53. The number of hydrogen-bond donors (Lipinski definition) is 2. The summed E-state index contributed by atoms with van der Waals surface area (Å²) in [6.07, 6.45) is 0.604. The molecule has 0 fully saturated rings. The molecule has 0 unspecified atom stereocenters. The van der Waals surface area contributed by atoms with Gasteiger partial charge in [0.05, 0.1) is 0 Å². The van der Waals surface area contributed by atoms with Crippen molar-refractivity contribution in [3.8, 4) is 0 Å². The average molecular weight is 344 g/mol. The molecule has 1 aliphatic rings. The Morgan fingerprint density at radius 2 is 1.84 bits per heavy atom. The van der Waals surface area contributed by atoms with Crippen LogP contribution in [-0.2, 0) is 14.4 Å². The van der Waals surface area contributed by atoms with E-state index in [0.29, 0.717) is 23.5 Å². The van der Waals surface area contributed by atoms with Crippen LogP contribution in [0.4, 0.5) is 11.4 Å². The number of hydrazone groups is 1. The molecule has 2 rings (SSSR count). The van der Waals surface area contributed by atoms with Crippen molar-refractivity contribution in [3.05, 3.63) is 23.8 Å². The fourth-order valence-electron chi connectivity index (χ4n) is 2.23. The second-order valence-electron chi connectivity index (χ2n) is 7.15. The molecule has 25 heavy (non-hydrogen) atoms. The van der Waals surface area contributed by atoms with Crippen molar-refractivity contribution in [1.29, 1.82) is 0 Å².